The van der Waals surface area contributed by atoms with Gasteiger partial charge in [-0.05, 0) is 12.1 Å². The number of hydrogen-bond donors (Lipinski definition) is 1. The molecular weight excluding hydrogens is 250 g/mol. The maximum Gasteiger partial charge on any atom is 0.332 e. The molecule has 0 radical (unpaired) electrons. The Hall–Kier alpha value is -1.95. The average molecular weight is 261 g/mol. The van der Waals surface area contributed by atoms with Gasteiger partial charge in [0, 0.05) is 19.0 Å². The third-order valence-corrected chi connectivity index (χ3v) is 4.12. The van der Waals surface area contributed by atoms with Crippen LogP contribution in [0.15, 0.2) is 43.6 Å². The Morgan fingerprint density at radius 2 is 1.83 bits per heavy atom. The fourth-order valence-corrected chi connectivity index (χ4v) is 3.05. The van der Waals surface area contributed by atoms with Crippen molar-refractivity contribution >= 4 is 23.3 Å². The van der Waals surface area contributed by atoms with E-state index in [1.807, 2.05) is 24.3 Å². The molecule has 0 saturated heterocycles. The van der Waals surface area contributed by atoms with Gasteiger partial charge in [0.1, 0.15) is 10.7 Å². The Balaban J connectivity index is 2.32. The lowest BCUT2D eigenvalue weighted by atomic mass is 10.3. The standard InChI is InChI=1S/C12H11N3O2S/c1-14-10-9(11(16)15(2)12(14)17)18-8-6-4-3-5-7(8)13-10/h3-6,13H,1-2H3. The van der Waals surface area contributed by atoms with Crippen molar-refractivity contribution in [3.63, 3.8) is 0 Å². The van der Waals surface area contributed by atoms with Gasteiger partial charge in [-0.2, -0.15) is 0 Å². The lowest BCUT2D eigenvalue weighted by molar-refractivity contribution is 0.669. The fourth-order valence-electron chi connectivity index (χ4n) is 1.94. The van der Waals surface area contributed by atoms with Crippen LogP contribution in [0, 0.1) is 0 Å². The zero-order valence-corrected chi connectivity index (χ0v) is 10.7. The van der Waals surface area contributed by atoms with Gasteiger partial charge in [0.25, 0.3) is 5.56 Å². The first kappa shape index (κ1) is 11.2. The highest BCUT2D eigenvalue weighted by Crippen LogP contribution is 2.41. The molecule has 0 amide bonds. The number of hydrogen-bond acceptors (Lipinski definition) is 4. The quantitative estimate of drug-likeness (QED) is 0.662. The summed E-state index contributed by atoms with van der Waals surface area (Å²) in [4.78, 5) is 25.5. The molecule has 0 bridgehead atoms. The first-order chi connectivity index (χ1) is 8.59. The van der Waals surface area contributed by atoms with Gasteiger partial charge in [0.15, 0.2) is 0 Å². The summed E-state index contributed by atoms with van der Waals surface area (Å²) in [6.07, 6.45) is 0. The van der Waals surface area contributed by atoms with E-state index in [1.165, 1.54) is 23.4 Å². The van der Waals surface area contributed by atoms with Crippen LogP contribution in [0.3, 0.4) is 0 Å². The molecule has 6 heteroatoms. The molecule has 2 aromatic rings. The lowest BCUT2D eigenvalue weighted by Gasteiger charge is -2.22. The Morgan fingerprint density at radius 3 is 2.61 bits per heavy atom. The fraction of sp³-hybridized carbons (Fsp3) is 0.167. The van der Waals surface area contributed by atoms with Crippen molar-refractivity contribution in [3.05, 3.63) is 45.1 Å². The summed E-state index contributed by atoms with van der Waals surface area (Å²) >= 11 is 1.39. The van der Waals surface area contributed by atoms with Crippen LogP contribution in [0.4, 0.5) is 11.5 Å². The van der Waals surface area contributed by atoms with E-state index in [2.05, 4.69) is 5.32 Å². The van der Waals surface area contributed by atoms with Crippen LogP contribution in [-0.2, 0) is 14.1 Å². The summed E-state index contributed by atoms with van der Waals surface area (Å²) in [6, 6.07) is 7.70. The molecular formula is C12H11N3O2S. The number of rotatable bonds is 0. The van der Waals surface area contributed by atoms with Gasteiger partial charge < -0.3 is 5.32 Å². The normalized spacial score (nSPS) is 12.6. The second-order valence-electron chi connectivity index (χ2n) is 4.11. The molecule has 0 fully saturated rings. The van der Waals surface area contributed by atoms with Crippen LogP contribution >= 0.6 is 11.8 Å². The molecule has 0 atom stereocenters. The monoisotopic (exact) mass is 261 g/mol. The Bertz CT molecular complexity index is 761. The molecule has 1 N–H and O–H groups in total. The molecule has 1 aliphatic heterocycles. The van der Waals surface area contributed by atoms with E-state index in [9.17, 15) is 9.59 Å². The third-order valence-electron chi connectivity index (χ3n) is 2.98. The summed E-state index contributed by atoms with van der Waals surface area (Å²) in [7, 11) is 3.15. The first-order valence-electron chi connectivity index (χ1n) is 5.43. The van der Waals surface area contributed by atoms with Gasteiger partial charge in [-0.1, -0.05) is 23.9 Å². The van der Waals surface area contributed by atoms with E-state index in [0.29, 0.717) is 10.7 Å². The highest BCUT2D eigenvalue weighted by atomic mass is 32.2. The molecule has 0 aliphatic carbocycles. The zero-order valence-electron chi connectivity index (χ0n) is 9.93. The summed E-state index contributed by atoms with van der Waals surface area (Å²) in [5, 5.41) is 3.15. The average Bonchev–Trinajstić information content (AvgIpc) is 2.41. The van der Waals surface area contributed by atoms with Crippen molar-refractivity contribution in [2.75, 3.05) is 5.32 Å². The molecule has 0 spiro atoms. The highest BCUT2D eigenvalue weighted by Gasteiger charge is 2.22. The van der Waals surface area contributed by atoms with Crippen LogP contribution in [0.5, 0.6) is 0 Å². The molecule has 1 aromatic heterocycles. The van der Waals surface area contributed by atoms with Crippen molar-refractivity contribution < 1.29 is 0 Å². The number of nitrogens with one attached hydrogen (secondary N) is 1. The van der Waals surface area contributed by atoms with Crippen LogP contribution in [-0.4, -0.2) is 9.13 Å². The molecule has 1 aliphatic rings. The number of benzene rings is 1. The summed E-state index contributed by atoms with van der Waals surface area (Å²) in [5.74, 6) is 0.562. The maximum atomic E-state index is 12.1. The predicted molar refractivity (Wildman–Crippen MR) is 70.8 cm³/mol. The number of nitrogens with zero attached hydrogens (tertiary/aromatic N) is 2. The van der Waals surface area contributed by atoms with Gasteiger partial charge in [-0.25, -0.2) is 4.79 Å². The van der Waals surface area contributed by atoms with Crippen molar-refractivity contribution in [1.82, 2.24) is 9.13 Å². The molecule has 92 valence electrons. The van der Waals surface area contributed by atoms with Gasteiger partial charge in [0.2, 0.25) is 0 Å². The van der Waals surface area contributed by atoms with Crippen molar-refractivity contribution in [2.24, 2.45) is 14.1 Å². The predicted octanol–water partition coefficient (Wildman–Crippen LogP) is 1.29. The van der Waals surface area contributed by atoms with Gasteiger partial charge in [-0.15, -0.1) is 0 Å². The molecule has 3 rings (SSSR count). The minimum Gasteiger partial charge on any atom is -0.339 e. The van der Waals surface area contributed by atoms with Gasteiger partial charge >= 0.3 is 5.69 Å². The first-order valence-corrected chi connectivity index (χ1v) is 6.25. The van der Waals surface area contributed by atoms with Crippen molar-refractivity contribution in [3.8, 4) is 0 Å². The SMILES string of the molecule is Cn1c2c(c(=O)n(C)c1=O)Sc1ccccc1N2. The maximum absolute atomic E-state index is 12.1. The van der Waals surface area contributed by atoms with Crippen LogP contribution in [0.25, 0.3) is 0 Å². The summed E-state index contributed by atoms with van der Waals surface area (Å²) in [5.41, 5.74) is 0.324. The molecule has 18 heavy (non-hydrogen) atoms. The van der Waals surface area contributed by atoms with E-state index in [0.717, 1.165) is 15.1 Å². The minimum atomic E-state index is -0.328. The molecule has 0 saturated carbocycles. The molecule has 2 heterocycles. The second kappa shape index (κ2) is 3.78. The molecule has 5 nitrogen and oxygen atoms in total. The molecule has 1 aromatic carbocycles. The van der Waals surface area contributed by atoms with E-state index >= 15 is 0 Å². The minimum absolute atomic E-state index is 0.264. The van der Waals surface area contributed by atoms with Gasteiger partial charge in [-0.3, -0.25) is 13.9 Å². The van der Waals surface area contributed by atoms with Crippen LogP contribution in [0.2, 0.25) is 0 Å². The summed E-state index contributed by atoms with van der Waals surface area (Å²) < 4.78 is 2.58. The van der Waals surface area contributed by atoms with Crippen molar-refractivity contribution in [2.45, 2.75) is 9.79 Å². The lowest BCUT2D eigenvalue weighted by Crippen LogP contribution is -2.39. The van der Waals surface area contributed by atoms with E-state index < -0.39 is 0 Å². The third kappa shape index (κ3) is 1.42. The Labute approximate surface area is 107 Å². The van der Waals surface area contributed by atoms with Crippen LogP contribution < -0.4 is 16.6 Å². The van der Waals surface area contributed by atoms with Crippen molar-refractivity contribution in [1.29, 1.82) is 0 Å². The number of para-hydroxylation sites is 1. The summed E-state index contributed by atoms with van der Waals surface area (Å²) in [6.45, 7) is 0. The Kier molecular flexibility index (Phi) is 2.34. The second-order valence-corrected chi connectivity index (χ2v) is 5.16. The largest absolute Gasteiger partial charge is 0.339 e. The van der Waals surface area contributed by atoms with E-state index in [1.54, 1.807) is 7.05 Å². The topological polar surface area (TPSA) is 56.0 Å². The zero-order chi connectivity index (χ0) is 12.9. The van der Waals surface area contributed by atoms with Gasteiger partial charge in [0.05, 0.1) is 5.69 Å². The Morgan fingerprint density at radius 1 is 1.11 bits per heavy atom. The number of anilines is 2. The van der Waals surface area contributed by atoms with E-state index in [4.69, 9.17) is 0 Å². The number of fused-ring (bicyclic) bond motifs is 2. The highest BCUT2D eigenvalue weighted by molar-refractivity contribution is 7.99. The smallest absolute Gasteiger partial charge is 0.332 e. The van der Waals surface area contributed by atoms with E-state index in [-0.39, 0.29) is 11.2 Å². The van der Waals surface area contributed by atoms with Crippen LogP contribution in [0.1, 0.15) is 0 Å². The number of aromatic nitrogens is 2. The molecule has 0 unspecified atom stereocenters.